The van der Waals surface area contributed by atoms with E-state index in [1.165, 1.54) is 11.3 Å². The van der Waals surface area contributed by atoms with Gasteiger partial charge in [-0.25, -0.2) is 8.42 Å². The van der Waals surface area contributed by atoms with Crippen molar-refractivity contribution in [2.75, 3.05) is 12.3 Å². The average Bonchev–Trinajstić information content (AvgIpc) is 2.37. The summed E-state index contributed by atoms with van der Waals surface area (Å²) in [4.78, 5) is 0.382. The van der Waals surface area contributed by atoms with Gasteiger partial charge in [0.2, 0.25) is 0 Å². The van der Waals surface area contributed by atoms with Gasteiger partial charge in [-0.1, -0.05) is 0 Å². The molecule has 1 aromatic rings. The van der Waals surface area contributed by atoms with E-state index < -0.39 is 9.84 Å². The van der Waals surface area contributed by atoms with Crippen molar-refractivity contribution in [1.82, 2.24) is 0 Å². The van der Waals surface area contributed by atoms with Gasteiger partial charge in [-0.3, -0.25) is 0 Å². The summed E-state index contributed by atoms with van der Waals surface area (Å²) in [6.07, 6.45) is 0. The molecular weight excluding hydrogens is 182 g/mol. The minimum atomic E-state index is -3.08. The third-order valence-electron chi connectivity index (χ3n) is 1.24. The van der Waals surface area contributed by atoms with Crippen LogP contribution in [-0.4, -0.2) is 20.7 Å². The summed E-state index contributed by atoms with van der Waals surface area (Å²) >= 11 is 1.37. The Hall–Kier alpha value is -0.390. The lowest BCUT2D eigenvalue weighted by atomic mass is 10.7. The molecule has 5 heteroatoms. The minimum Gasteiger partial charge on any atom is -0.329 e. The van der Waals surface area contributed by atoms with Crippen molar-refractivity contribution < 1.29 is 8.42 Å². The van der Waals surface area contributed by atoms with Gasteiger partial charge < -0.3 is 5.73 Å². The fraction of sp³-hybridized carbons (Fsp3) is 0.333. The predicted molar refractivity (Wildman–Crippen MR) is 45.4 cm³/mol. The molecule has 1 aromatic heterocycles. The van der Waals surface area contributed by atoms with E-state index in [0.29, 0.717) is 4.90 Å². The second-order valence-corrected chi connectivity index (χ2v) is 4.96. The third kappa shape index (κ3) is 2.02. The van der Waals surface area contributed by atoms with Gasteiger partial charge in [-0.05, 0) is 11.4 Å². The van der Waals surface area contributed by atoms with Crippen molar-refractivity contribution in [3.8, 4) is 0 Å². The molecule has 0 saturated carbocycles. The molecule has 0 aliphatic rings. The number of nitrogens with two attached hydrogens (primary N) is 1. The van der Waals surface area contributed by atoms with E-state index in [4.69, 9.17) is 5.73 Å². The molecule has 1 heterocycles. The van der Waals surface area contributed by atoms with Crippen LogP contribution in [0.4, 0.5) is 0 Å². The summed E-state index contributed by atoms with van der Waals surface area (Å²) in [5.41, 5.74) is 5.14. The number of rotatable bonds is 3. The molecule has 0 aliphatic carbocycles. The summed E-state index contributed by atoms with van der Waals surface area (Å²) in [5.74, 6) is 0.0315. The van der Waals surface area contributed by atoms with Crippen LogP contribution in [0, 0.1) is 0 Å². The Bertz CT molecular complexity index is 301. The van der Waals surface area contributed by atoms with Crippen LogP contribution in [-0.2, 0) is 9.84 Å². The quantitative estimate of drug-likeness (QED) is 0.756. The number of hydrogen-bond donors (Lipinski definition) is 1. The maximum absolute atomic E-state index is 11.2. The lowest BCUT2D eigenvalue weighted by Crippen LogP contribution is -2.15. The third-order valence-corrected chi connectivity index (χ3v) is 3.82. The summed E-state index contributed by atoms with van der Waals surface area (Å²) in [6, 6.07) is 1.59. The lowest BCUT2D eigenvalue weighted by molar-refractivity contribution is 0.596. The standard InChI is InChI=1S/C6H9NO2S2/c7-2-4-11(8,9)6-1-3-10-5-6/h1,3,5H,2,4,7H2. The van der Waals surface area contributed by atoms with Crippen LogP contribution in [0.3, 0.4) is 0 Å². The molecule has 0 saturated heterocycles. The van der Waals surface area contributed by atoms with Crippen LogP contribution in [0.2, 0.25) is 0 Å². The van der Waals surface area contributed by atoms with Gasteiger partial charge in [-0.2, -0.15) is 11.3 Å². The topological polar surface area (TPSA) is 60.2 Å². The van der Waals surface area contributed by atoms with Crippen LogP contribution in [0.25, 0.3) is 0 Å². The number of hydrogen-bond acceptors (Lipinski definition) is 4. The first-order valence-electron chi connectivity index (χ1n) is 3.12. The monoisotopic (exact) mass is 191 g/mol. The van der Waals surface area contributed by atoms with Crippen LogP contribution in [0.5, 0.6) is 0 Å². The molecule has 2 N–H and O–H groups in total. The number of sulfone groups is 1. The highest BCUT2D eigenvalue weighted by molar-refractivity contribution is 7.91. The lowest BCUT2D eigenvalue weighted by Gasteiger charge is -1.96. The molecule has 62 valence electrons. The average molecular weight is 191 g/mol. The Labute approximate surface area is 69.8 Å². The molecule has 1 rings (SSSR count). The molecule has 0 spiro atoms. The molecule has 0 aromatic carbocycles. The largest absolute Gasteiger partial charge is 0.329 e. The number of thiophene rings is 1. The van der Waals surface area contributed by atoms with Crippen LogP contribution < -0.4 is 5.73 Å². The Morgan fingerprint density at radius 2 is 2.27 bits per heavy atom. The van der Waals surface area contributed by atoms with Crippen LogP contribution in [0.15, 0.2) is 21.7 Å². The molecule has 0 atom stereocenters. The highest BCUT2D eigenvalue weighted by atomic mass is 32.2. The Kier molecular flexibility index (Phi) is 2.64. The Morgan fingerprint density at radius 3 is 2.73 bits per heavy atom. The van der Waals surface area contributed by atoms with Crippen molar-refractivity contribution in [2.45, 2.75) is 4.90 Å². The van der Waals surface area contributed by atoms with E-state index >= 15 is 0 Å². The van der Waals surface area contributed by atoms with Gasteiger partial charge in [0.05, 0.1) is 10.6 Å². The van der Waals surface area contributed by atoms with E-state index in [-0.39, 0.29) is 12.3 Å². The highest BCUT2D eigenvalue weighted by Gasteiger charge is 2.12. The molecule has 0 bridgehead atoms. The van der Waals surface area contributed by atoms with Gasteiger partial charge in [0, 0.05) is 11.9 Å². The van der Waals surface area contributed by atoms with E-state index in [1.807, 2.05) is 0 Å². The maximum Gasteiger partial charge on any atom is 0.180 e. The SMILES string of the molecule is NCCS(=O)(=O)c1ccsc1. The first-order valence-corrected chi connectivity index (χ1v) is 5.71. The zero-order valence-electron chi connectivity index (χ0n) is 5.86. The highest BCUT2D eigenvalue weighted by Crippen LogP contribution is 2.13. The van der Waals surface area contributed by atoms with Crippen LogP contribution >= 0.6 is 11.3 Å². The van der Waals surface area contributed by atoms with Crippen molar-refractivity contribution in [3.63, 3.8) is 0 Å². The molecule has 0 amide bonds. The molecule has 11 heavy (non-hydrogen) atoms. The minimum absolute atomic E-state index is 0.0315. The first kappa shape index (κ1) is 8.70. The van der Waals surface area contributed by atoms with Crippen molar-refractivity contribution in [2.24, 2.45) is 5.73 Å². The zero-order chi connectivity index (χ0) is 8.32. The molecular formula is C6H9NO2S2. The van der Waals surface area contributed by atoms with Gasteiger partial charge in [0.25, 0.3) is 0 Å². The fourth-order valence-electron chi connectivity index (χ4n) is 0.702. The molecule has 0 unspecified atom stereocenters. The summed E-state index contributed by atoms with van der Waals surface area (Å²) in [6.45, 7) is 0.179. The van der Waals surface area contributed by atoms with Crippen molar-refractivity contribution in [1.29, 1.82) is 0 Å². The fourth-order valence-corrected chi connectivity index (χ4v) is 2.88. The second kappa shape index (κ2) is 3.34. The normalized spacial score (nSPS) is 11.7. The molecule has 0 aliphatic heterocycles. The first-order chi connectivity index (χ1) is 5.17. The van der Waals surface area contributed by atoms with E-state index in [0.717, 1.165) is 0 Å². The smallest absolute Gasteiger partial charge is 0.180 e. The van der Waals surface area contributed by atoms with Gasteiger partial charge >= 0.3 is 0 Å². The van der Waals surface area contributed by atoms with E-state index in [9.17, 15) is 8.42 Å². The summed E-state index contributed by atoms with van der Waals surface area (Å²) in [5, 5.41) is 3.36. The van der Waals surface area contributed by atoms with Crippen molar-refractivity contribution in [3.05, 3.63) is 16.8 Å². The van der Waals surface area contributed by atoms with Gasteiger partial charge in [0.15, 0.2) is 9.84 Å². The zero-order valence-corrected chi connectivity index (χ0v) is 7.49. The maximum atomic E-state index is 11.2. The Morgan fingerprint density at radius 1 is 1.55 bits per heavy atom. The summed E-state index contributed by atoms with van der Waals surface area (Å²) < 4.78 is 22.4. The van der Waals surface area contributed by atoms with E-state index in [1.54, 1.807) is 16.8 Å². The molecule has 3 nitrogen and oxygen atoms in total. The van der Waals surface area contributed by atoms with Gasteiger partial charge in [0.1, 0.15) is 0 Å². The Balaban J connectivity index is 2.92. The molecule has 0 fully saturated rings. The summed E-state index contributed by atoms with van der Waals surface area (Å²) in [7, 11) is -3.08. The van der Waals surface area contributed by atoms with E-state index in [2.05, 4.69) is 0 Å². The van der Waals surface area contributed by atoms with Gasteiger partial charge in [-0.15, -0.1) is 0 Å². The molecule has 0 radical (unpaired) electrons. The van der Waals surface area contributed by atoms with Crippen molar-refractivity contribution >= 4 is 21.2 Å². The second-order valence-electron chi connectivity index (χ2n) is 2.07. The van der Waals surface area contributed by atoms with Crippen LogP contribution in [0.1, 0.15) is 0 Å². The predicted octanol–water partition coefficient (Wildman–Crippen LogP) is 0.481.